The van der Waals surface area contributed by atoms with E-state index in [0.717, 1.165) is 5.56 Å². The minimum absolute atomic E-state index is 0.259. The van der Waals surface area contributed by atoms with E-state index in [9.17, 15) is 9.00 Å². The van der Waals surface area contributed by atoms with Crippen molar-refractivity contribution in [3.05, 3.63) is 41.1 Å². The van der Waals surface area contributed by atoms with Gasteiger partial charge in [-0.15, -0.1) is 0 Å². The van der Waals surface area contributed by atoms with Gasteiger partial charge in [-0.05, 0) is 19.1 Å². The summed E-state index contributed by atoms with van der Waals surface area (Å²) < 4.78 is 17.0. The van der Waals surface area contributed by atoms with Gasteiger partial charge in [0, 0.05) is 12.0 Å². The number of nitrogens with one attached hydrogen (secondary N) is 1. The van der Waals surface area contributed by atoms with E-state index in [1.807, 2.05) is 13.0 Å². The number of nitrogens with zero attached hydrogens (tertiary/aromatic N) is 1. The zero-order chi connectivity index (χ0) is 16.3. The average molecular weight is 321 g/mol. The number of aliphatic imine (C=N–C) groups is 1. The van der Waals surface area contributed by atoms with Crippen LogP contribution in [-0.2, 0) is 10.8 Å². The van der Waals surface area contributed by atoms with Gasteiger partial charge in [0.15, 0.2) is 11.0 Å². The van der Waals surface area contributed by atoms with Crippen LogP contribution in [0, 0.1) is 6.92 Å². The standard InChI is InChI=1S/C15H19N3O3S/c1-4-22(20)15-17-8-11(14(16)18-15)13(19)10-7-9(2)5-6-12(10)21-3/h5-8,14H,4,16H2,1-3H3,(H,17,18). The number of carbonyl (C=O) groups is 1. The SMILES string of the molecule is CCS(=O)C1=NC(N)C(C(=O)c2cc(C)ccc2OC)=CN1. The van der Waals surface area contributed by atoms with E-state index in [1.165, 1.54) is 13.3 Å². The second kappa shape index (κ2) is 6.85. The van der Waals surface area contributed by atoms with E-state index in [4.69, 9.17) is 10.5 Å². The van der Waals surface area contributed by atoms with Crippen molar-refractivity contribution in [3.8, 4) is 5.75 Å². The smallest absolute Gasteiger partial charge is 0.197 e. The summed E-state index contributed by atoms with van der Waals surface area (Å²) in [6.07, 6.45) is 0.634. The van der Waals surface area contributed by atoms with Gasteiger partial charge < -0.3 is 15.8 Å². The summed E-state index contributed by atoms with van der Waals surface area (Å²) in [5.41, 5.74) is 7.62. The Labute approximate surface area is 131 Å². The number of amidine groups is 1. The molecule has 0 amide bonds. The maximum Gasteiger partial charge on any atom is 0.197 e. The molecule has 2 unspecified atom stereocenters. The highest BCUT2D eigenvalue weighted by Crippen LogP contribution is 2.24. The molecule has 0 aliphatic carbocycles. The summed E-state index contributed by atoms with van der Waals surface area (Å²) in [6.45, 7) is 3.68. The summed E-state index contributed by atoms with van der Waals surface area (Å²) in [7, 11) is 0.271. The lowest BCUT2D eigenvalue weighted by atomic mass is 9.99. The molecule has 6 nitrogen and oxygen atoms in total. The van der Waals surface area contributed by atoms with Gasteiger partial charge in [0.2, 0.25) is 0 Å². The first kappa shape index (κ1) is 16.4. The first-order chi connectivity index (χ1) is 10.5. The highest BCUT2D eigenvalue weighted by atomic mass is 32.2. The molecule has 0 saturated heterocycles. The zero-order valence-electron chi connectivity index (χ0n) is 12.8. The summed E-state index contributed by atoms with van der Waals surface area (Å²) in [5.74, 6) is 0.655. The van der Waals surface area contributed by atoms with Gasteiger partial charge in [-0.25, -0.2) is 4.99 Å². The lowest BCUT2D eigenvalue weighted by Gasteiger charge is -2.19. The number of ether oxygens (including phenoxy) is 1. The Morgan fingerprint density at radius 1 is 1.50 bits per heavy atom. The van der Waals surface area contributed by atoms with Gasteiger partial charge in [-0.1, -0.05) is 18.6 Å². The van der Waals surface area contributed by atoms with Gasteiger partial charge in [-0.3, -0.25) is 9.00 Å². The summed E-state index contributed by atoms with van der Waals surface area (Å²) >= 11 is 0. The van der Waals surface area contributed by atoms with E-state index in [-0.39, 0.29) is 5.78 Å². The van der Waals surface area contributed by atoms with Gasteiger partial charge in [0.05, 0.1) is 29.0 Å². The molecule has 1 aliphatic rings. The fourth-order valence-electron chi connectivity index (χ4n) is 2.07. The Bertz CT molecular complexity index is 683. The monoisotopic (exact) mass is 321 g/mol. The lowest BCUT2D eigenvalue weighted by Crippen LogP contribution is -2.38. The van der Waals surface area contributed by atoms with E-state index in [0.29, 0.717) is 27.8 Å². The highest BCUT2D eigenvalue weighted by Gasteiger charge is 2.26. The molecule has 0 aromatic heterocycles. The molecule has 1 heterocycles. The van der Waals surface area contributed by atoms with Gasteiger partial charge >= 0.3 is 0 Å². The number of aryl methyl sites for hydroxylation is 1. The fraction of sp³-hybridized carbons (Fsp3) is 0.333. The van der Waals surface area contributed by atoms with Crippen molar-refractivity contribution in [2.75, 3.05) is 12.9 Å². The molecule has 22 heavy (non-hydrogen) atoms. The Balaban J connectivity index is 2.30. The predicted molar refractivity (Wildman–Crippen MR) is 87.4 cm³/mol. The molecule has 7 heteroatoms. The Morgan fingerprint density at radius 3 is 2.82 bits per heavy atom. The number of Topliss-reactive ketones (excluding diaryl/α,β-unsaturated/α-hetero) is 1. The molecule has 0 bridgehead atoms. The van der Waals surface area contributed by atoms with Gasteiger partial charge in [0.1, 0.15) is 11.9 Å². The van der Waals surface area contributed by atoms with Crippen molar-refractivity contribution in [3.63, 3.8) is 0 Å². The Kier molecular flexibility index (Phi) is 5.10. The van der Waals surface area contributed by atoms with Crippen molar-refractivity contribution in [1.29, 1.82) is 0 Å². The molecular formula is C15H19N3O3S. The molecule has 1 aliphatic heterocycles. The number of hydrogen-bond acceptors (Lipinski definition) is 6. The predicted octanol–water partition coefficient (Wildman–Crippen LogP) is 1.08. The Morgan fingerprint density at radius 2 is 2.23 bits per heavy atom. The molecule has 1 aromatic rings. The third-order valence-electron chi connectivity index (χ3n) is 3.27. The van der Waals surface area contributed by atoms with Crippen LogP contribution >= 0.6 is 0 Å². The highest BCUT2D eigenvalue weighted by molar-refractivity contribution is 8.00. The number of ketones is 1. The van der Waals surface area contributed by atoms with Gasteiger partial charge in [-0.2, -0.15) is 0 Å². The van der Waals surface area contributed by atoms with Crippen LogP contribution in [0.1, 0.15) is 22.8 Å². The molecule has 2 rings (SSSR count). The second-order valence-corrected chi connectivity index (χ2v) is 6.45. The van der Waals surface area contributed by atoms with Crippen LogP contribution in [-0.4, -0.2) is 34.2 Å². The number of carbonyl (C=O) groups excluding carboxylic acids is 1. The molecular weight excluding hydrogens is 302 g/mol. The van der Waals surface area contributed by atoms with Crippen LogP contribution in [0.25, 0.3) is 0 Å². The van der Waals surface area contributed by atoms with Crippen molar-refractivity contribution in [1.82, 2.24) is 5.32 Å². The van der Waals surface area contributed by atoms with Crippen LogP contribution in [0.15, 0.2) is 35.0 Å². The van der Waals surface area contributed by atoms with Crippen LogP contribution in [0.5, 0.6) is 5.75 Å². The second-order valence-electron chi connectivity index (χ2n) is 4.79. The molecule has 3 N–H and O–H groups in total. The number of rotatable bonds is 4. The first-order valence-corrected chi connectivity index (χ1v) is 8.17. The molecule has 1 aromatic carbocycles. The first-order valence-electron chi connectivity index (χ1n) is 6.85. The van der Waals surface area contributed by atoms with Crippen molar-refractivity contribution in [2.24, 2.45) is 10.7 Å². The largest absolute Gasteiger partial charge is 0.496 e. The van der Waals surface area contributed by atoms with Crippen molar-refractivity contribution >= 4 is 21.8 Å². The average Bonchev–Trinajstić information content (AvgIpc) is 2.53. The molecule has 118 valence electrons. The Hall–Kier alpha value is -1.99. The van der Waals surface area contributed by atoms with Crippen LogP contribution in [0.2, 0.25) is 0 Å². The molecule has 0 saturated carbocycles. The number of methoxy groups -OCH3 is 1. The van der Waals surface area contributed by atoms with E-state index in [1.54, 1.807) is 19.1 Å². The van der Waals surface area contributed by atoms with E-state index < -0.39 is 17.0 Å². The van der Waals surface area contributed by atoms with Crippen LogP contribution in [0.4, 0.5) is 0 Å². The zero-order valence-corrected chi connectivity index (χ0v) is 13.6. The fourth-order valence-corrected chi connectivity index (χ4v) is 2.77. The third kappa shape index (κ3) is 3.26. The molecule has 0 fully saturated rings. The van der Waals surface area contributed by atoms with Crippen LogP contribution < -0.4 is 15.8 Å². The minimum atomic E-state index is -1.24. The summed E-state index contributed by atoms with van der Waals surface area (Å²) in [6, 6.07) is 5.35. The number of benzene rings is 1. The van der Waals surface area contributed by atoms with E-state index in [2.05, 4.69) is 10.3 Å². The topological polar surface area (TPSA) is 93.8 Å². The van der Waals surface area contributed by atoms with Gasteiger partial charge in [0.25, 0.3) is 0 Å². The number of nitrogens with two attached hydrogens (primary N) is 1. The third-order valence-corrected chi connectivity index (χ3v) is 4.44. The molecule has 2 atom stereocenters. The minimum Gasteiger partial charge on any atom is -0.496 e. The maximum atomic E-state index is 12.7. The lowest BCUT2D eigenvalue weighted by molar-refractivity contribution is 0.102. The molecule has 0 radical (unpaired) electrons. The van der Waals surface area contributed by atoms with Crippen LogP contribution in [0.3, 0.4) is 0 Å². The van der Waals surface area contributed by atoms with E-state index >= 15 is 0 Å². The van der Waals surface area contributed by atoms with Crippen molar-refractivity contribution in [2.45, 2.75) is 20.0 Å². The quantitative estimate of drug-likeness (QED) is 0.810. The summed E-state index contributed by atoms with van der Waals surface area (Å²) in [4.78, 5) is 16.8. The summed E-state index contributed by atoms with van der Waals surface area (Å²) in [5, 5.41) is 3.09. The number of hydrogen-bond donors (Lipinski definition) is 2. The van der Waals surface area contributed by atoms with Crippen molar-refractivity contribution < 1.29 is 13.7 Å². The molecule has 0 spiro atoms. The normalized spacial score (nSPS) is 18.8. The maximum absolute atomic E-state index is 12.7.